The van der Waals surface area contributed by atoms with Crippen molar-refractivity contribution in [1.29, 1.82) is 0 Å². The van der Waals surface area contributed by atoms with Gasteiger partial charge in [0.05, 0.1) is 21.7 Å². The second kappa shape index (κ2) is 9.27. The lowest BCUT2D eigenvalue weighted by Crippen LogP contribution is -2.22. The van der Waals surface area contributed by atoms with Crippen LogP contribution in [0.15, 0.2) is 53.5 Å². The first-order chi connectivity index (χ1) is 14.4. The molecule has 3 aromatic rings. The maximum atomic E-state index is 12.4. The molecule has 1 aromatic heterocycles. The predicted octanol–water partition coefficient (Wildman–Crippen LogP) is 3.62. The molecule has 0 fully saturated rings. The van der Waals surface area contributed by atoms with E-state index in [1.165, 1.54) is 35.6 Å². The Morgan fingerprint density at radius 3 is 2.63 bits per heavy atom. The first kappa shape index (κ1) is 21.1. The first-order valence-corrected chi connectivity index (χ1v) is 9.96. The highest BCUT2D eigenvalue weighted by atomic mass is 32.1. The Balaban J connectivity index is 1.92. The maximum absolute atomic E-state index is 12.4. The van der Waals surface area contributed by atoms with Gasteiger partial charge in [0.2, 0.25) is 0 Å². The highest BCUT2D eigenvalue weighted by molar-refractivity contribution is 7.16. The Labute approximate surface area is 175 Å². The Kier molecular flexibility index (Phi) is 6.53. The van der Waals surface area contributed by atoms with Gasteiger partial charge in [-0.05, 0) is 55.3 Å². The summed E-state index contributed by atoms with van der Waals surface area (Å²) in [7, 11) is 0. The number of carbonyl (C=O) groups excluding carboxylic acids is 2. The zero-order chi connectivity index (χ0) is 21.7. The van der Waals surface area contributed by atoms with Gasteiger partial charge >= 0.3 is 5.97 Å². The van der Waals surface area contributed by atoms with E-state index in [9.17, 15) is 19.7 Å². The third-order valence-corrected chi connectivity index (χ3v) is 5.20. The minimum absolute atomic E-state index is 0.0243. The largest absolute Gasteiger partial charge is 0.465 e. The van der Waals surface area contributed by atoms with E-state index in [2.05, 4.69) is 4.99 Å². The Hall–Kier alpha value is -3.59. The number of nitrogens with zero attached hydrogens (tertiary/aromatic N) is 3. The second-order valence-electron chi connectivity index (χ2n) is 6.38. The number of hydrogen-bond acceptors (Lipinski definition) is 6. The summed E-state index contributed by atoms with van der Waals surface area (Å²) in [5.41, 5.74) is 2.46. The number of non-ortho nitro benzene ring substituents is 1. The number of aromatic nitrogens is 1. The van der Waals surface area contributed by atoms with Gasteiger partial charge < -0.3 is 9.30 Å². The number of benzene rings is 2. The van der Waals surface area contributed by atoms with Gasteiger partial charge in [0.15, 0.2) is 4.80 Å². The molecule has 0 aliphatic heterocycles. The Morgan fingerprint density at radius 1 is 1.23 bits per heavy atom. The van der Waals surface area contributed by atoms with Crippen molar-refractivity contribution in [3.8, 4) is 0 Å². The van der Waals surface area contributed by atoms with E-state index in [-0.39, 0.29) is 18.8 Å². The molecule has 0 radical (unpaired) electrons. The van der Waals surface area contributed by atoms with Gasteiger partial charge in [-0.15, -0.1) is 0 Å². The smallest absolute Gasteiger partial charge is 0.326 e. The molecule has 0 aliphatic rings. The lowest BCUT2D eigenvalue weighted by molar-refractivity contribution is -0.384. The number of carbonyl (C=O) groups is 2. The van der Waals surface area contributed by atoms with Gasteiger partial charge in [-0.2, -0.15) is 4.99 Å². The van der Waals surface area contributed by atoms with E-state index in [1.807, 2.05) is 25.1 Å². The van der Waals surface area contributed by atoms with Crippen molar-refractivity contribution >= 4 is 45.2 Å². The van der Waals surface area contributed by atoms with Crippen molar-refractivity contribution in [2.45, 2.75) is 20.4 Å². The number of nitro benzene ring substituents is 1. The highest BCUT2D eigenvalue weighted by Gasteiger charge is 2.12. The molecule has 0 saturated carbocycles. The molecular weight excluding hydrogens is 406 g/mol. The number of rotatable bonds is 6. The molecule has 1 heterocycles. The van der Waals surface area contributed by atoms with Crippen LogP contribution in [0.5, 0.6) is 0 Å². The first-order valence-electron chi connectivity index (χ1n) is 9.14. The van der Waals surface area contributed by atoms with Crippen LogP contribution in [0.1, 0.15) is 18.1 Å². The van der Waals surface area contributed by atoms with Crippen LogP contribution in [-0.2, 0) is 20.9 Å². The third kappa shape index (κ3) is 5.06. The number of esters is 1. The molecule has 30 heavy (non-hydrogen) atoms. The van der Waals surface area contributed by atoms with E-state index >= 15 is 0 Å². The zero-order valence-corrected chi connectivity index (χ0v) is 17.2. The minimum atomic E-state index is -0.505. The maximum Gasteiger partial charge on any atom is 0.326 e. The van der Waals surface area contributed by atoms with Gasteiger partial charge in [0.25, 0.3) is 11.6 Å². The van der Waals surface area contributed by atoms with E-state index < -0.39 is 16.8 Å². The van der Waals surface area contributed by atoms with Crippen LogP contribution in [0.2, 0.25) is 0 Å². The Morgan fingerprint density at radius 2 is 1.97 bits per heavy atom. The summed E-state index contributed by atoms with van der Waals surface area (Å²) in [5, 5.41) is 10.7. The van der Waals surface area contributed by atoms with Crippen molar-refractivity contribution < 1.29 is 19.2 Å². The zero-order valence-electron chi connectivity index (χ0n) is 16.4. The molecule has 0 atom stereocenters. The fourth-order valence-corrected chi connectivity index (χ4v) is 3.89. The Bertz CT molecular complexity index is 1210. The molecule has 0 saturated heterocycles. The van der Waals surface area contributed by atoms with Gasteiger partial charge in [-0.3, -0.25) is 19.7 Å². The quantitative estimate of drug-likeness (QED) is 0.260. The van der Waals surface area contributed by atoms with Crippen LogP contribution in [0, 0.1) is 17.0 Å². The summed E-state index contributed by atoms with van der Waals surface area (Å²) in [4.78, 5) is 39.2. The lowest BCUT2D eigenvalue weighted by atomic mass is 10.2. The summed E-state index contributed by atoms with van der Waals surface area (Å²) in [6, 6.07) is 11.6. The van der Waals surface area contributed by atoms with Crippen LogP contribution >= 0.6 is 11.3 Å². The monoisotopic (exact) mass is 425 g/mol. The number of fused-ring (bicyclic) bond motifs is 1. The molecule has 0 N–H and O–H groups in total. The average Bonchev–Trinajstić information content (AvgIpc) is 3.02. The van der Waals surface area contributed by atoms with E-state index in [4.69, 9.17) is 4.74 Å². The van der Waals surface area contributed by atoms with E-state index in [0.717, 1.165) is 15.8 Å². The fraction of sp³-hybridized carbons (Fsp3) is 0.190. The topological polar surface area (TPSA) is 104 Å². The molecule has 9 heteroatoms. The van der Waals surface area contributed by atoms with Crippen LogP contribution in [0.3, 0.4) is 0 Å². The summed E-state index contributed by atoms with van der Waals surface area (Å²) in [6.07, 6.45) is 2.81. The minimum Gasteiger partial charge on any atom is -0.465 e. The third-order valence-electron chi connectivity index (χ3n) is 4.16. The molecule has 154 valence electrons. The fourth-order valence-electron chi connectivity index (χ4n) is 2.76. The standard InChI is InChI=1S/C21H19N3O5S/c1-3-29-20(26)13-23-17-10-4-14(2)12-18(17)30-21(23)22-19(25)11-7-15-5-8-16(9-6-15)24(27)28/h4-12H,3,13H2,1-2H3. The second-order valence-corrected chi connectivity index (χ2v) is 7.39. The summed E-state index contributed by atoms with van der Waals surface area (Å²) in [5.74, 6) is -0.915. The molecule has 3 rings (SSSR count). The van der Waals surface area contributed by atoms with Crippen molar-refractivity contribution in [2.24, 2.45) is 4.99 Å². The van der Waals surface area contributed by atoms with Crippen molar-refractivity contribution in [3.63, 3.8) is 0 Å². The molecule has 2 aromatic carbocycles. The summed E-state index contributed by atoms with van der Waals surface area (Å²) >= 11 is 1.31. The van der Waals surface area contributed by atoms with Crippen molar-refractivity contribution in [3.05, 3.63) is 74.6 Å². The molecule has 0 spiro atoms. The molecule has 0 unspecified atom stereocenters. The molecular formula is C21H19N3O5S. The molecule has 0 aliphatic carbocycles. The average molecular weight is 425 g/mol. The number of hydrogen-bond donors (Lipinski definition) is 0. The summed E-state index contributed by atoms with van der Waals surface area (Å²) < 4.78 is 7.61. The SMILES string of the molecule is CCOC(=O)Cn1c(=NC(=O)C=Cc2ccc([N+](=O)[O-])cc2)sc2cc(C)ccc21. The van der Waals surface area contributed by atoms with Crippen LogP contribution in [0.25, 0.3) is 16.3 Å². The van der Waals surface area contributed by atoms with Gasteiger partial charge in [0.1, 0.15) is 6.54 Å². The van der Waals surface area contributed by atoms with Crippen LogP contribution in [0.4, 0.5) is 5.69 Å². The normalized spacial score (nSPS) is 11.9. The van der Waals surface area contributed by atoms with Crippen molar-refractivity contribution in [1.82, 2.24) is 4.57 Å². The number of nitro groups is 1. The number of amides is 1. The van der Waals surface area contributed by atoms with Gasteiger partial charge in [0, 0.05) is 18.2 Å². The lowest BCUT2D eigenvalue weighted by Gasteiger charge is -2.05. The predicted molar refractivity (Wildman–Crippen MR) is 114 cm³/mol. The molecule has 8 nitrogen and oxygen atoms in total. The van der Waals surface area contributed by atoms with Crippen LogP contribution < -0.4 is 4.80 Å². The van der Waals surface area contributed by atoms with Gasteiger partial charge in [-0.1, -0.05) is 17.4 Å². The van der Waals surface area contributed by atoms with Gasteiger partial charge in [-0.25, -0.2) is 0 Å². The number of aryl methyl sites for hydroxylation is 1. The summed E-state index contributed by atoms with van der Waals surface area (Å²) in [6.45, 7) is 3.91. The highest BCUT2D eigenvalue weighted by Crippen LogP contribution is 2.19. The number of thiazole rings is 1. The molecule has 0 bridgehead atoms. The van der Waals surface area contributed by atoms with Crippen molar-refractivity contribution in [2.75, 3.05) is 6.61 Å². The van der Waals surface area contributed by atoms with E-state index in [0.29, 0.717) is 10.4 Å². The van der Waals surface area contributed by atoms with Crippen LogP contribution in [-0.4, -0.2) is 28.0 Å². The number of ether oxygens (including phenoxy) is 1. The van der Waals surface area contributed by atoms with E-state index in [1.54, 1.807) is 23.6 Å². The molecule has 1 amide bonds.